The third-order valence-electron chi connectivity index (χ3n) is 2.55. The topological polar surface area (TPSA) is 42.0 Å². The Morgan fingerprint density at radius 2 is 2.00 bits per heavy atom. The molecule has 0 fully saturated rings. The van der Waals surface area contributed by atoms with Crippen LogP contribution < -0.4 is 5.32 Å². The molecule has 4 heteroatoms. The van der Waals surface area contributed by atoms with E-state index in [0.717, 1.165) is 5.69 Å². The molecule has 1 aromatic carbocycles. The summed E-state index contributed by atoms with van der Waals surface area (Å²) in [6.45, 7) is 3.47. The summed E-state index contributed by atoms with van der Waals surface area (Å²) in [7, 11) is 0. The van der Waals surface area contributed by atoms with E-state index in [-0.39, 0.29) is 11.7 Å². The van der Waals surface area contributed by atoms with Crippen LogP contribution in [-0.2, 0) is 0 Å². The molecule has 0 saturated heterocycles. The summed E-state index contributed by atoms with van der Waals surface area (Å²) < 4.78 is 13.1. The maximum absolute atomic E-state index is 13.1. The summed E-state index contributed by atoms with van der Waals surface area (Å²) in [4.78, 5) is 16.1. The molecule has 1 heterocycles. The molecule has 0 aliphatic heterocycles. The third-order valence-corrected chi connectivity index (χ3v) is 2.55. The van der Waals surface area contributed by atoms with Gasteiger partial charge < -0.3 is 5.32 Å². The van der Waals surface area contributed by atoms with E-state index in [2.05, 4.69) is 10.3 Å². The van der Waals surface area contributed by atoms with E-state index in [9.17, 15) is 9.18 Å². The fourth-order valence-corrected chi connectivity index (χ4v) is 1.59. The summed E-state index contributed by atoms with van der Waals surface area (Å²) in [6, 6.07) is 9.62. The second-order valence-electron chi connectivity index (χ2n) is 4.08. The first-order valence-corrected chi connectivity index (χ1v) is 5.57. The van der Waals surface area contributed by atoms with Crippen LogP contribution in [0.25, 0.3) is 0 Å². The highest BCUT2D eigenvalue weighted by Crippen LogP contribution is 2.11. The predicted molar refractivity (Wildman–Crippen MR) is 68.1 cm³/mol. The first-order valence-electron chi connectivity index (χ1n) is 5.57. The molecule has 1 amide bonds. The Labute approximate surface area is 105 Å². The van der Waals surface area contributed by atoms with Crippen molar-refractivity contribution in [3.05, 3.63) is 59.0 Å². The van der Waals surface area contributed by atoms with Gasteiger partial charge in [-0.1, -0.05) is 6.07 Å². The Kier molecular flexibility index (Phi) is 3.37. The molecule has 0 unspecified atom stereocenters. The average molecular weight is 244 g/mol. The molecule has 0 spiro atoms. The minimum absolute atomic E-state index is 0.295. The molecule has 18 heavy (non-hydrogen) atoms. The lowest BCUT2D eigenvalue weighted by molar-refractivity contribution is 0.102. The van der Waals surface area contributed by atoms with Gasteiger partial charge in [-0.05, 0) is 49.7 Å². The van der Waals surface area contributed by atoms with E-state index in [1.54, 1.807) is 13.0 Å². The van der Waals surface area contributed by atoms with Crippen molar-refractivity contribution in [2.45, 2.75) is 13.8 Å². The van der Waals surface area contributed by atoms with Gasteiger partial charge in [0.15, 0.2) is 0 Å². The molecule has 3 nitrogen and oxygen atoms in total. The largest absolute Gasteiger partial charge is 0.307 e. The van der Waals surface area contributed by atoms with Crippen LogP contribution in [0, 0.1) is 19.7 Å². The van der Waals surface area contributed by atoms with Crippen LogP contribution in [0.1, 0.15) is 21.6 Å². The fraction of sp³-hybridized carbons (Fsp3) is 0.143. The molecule has 92 valence electrons. The highest BCUT2D eigenvalue weighted by atomic mass is 19.1. The van der Waals surface area contributed by atoms with Crippen molar-refractivity contribution in [3.8, 4) is 0 Å². The van der Waals surface area contributed by atoms with Crippen LogP contribution >= 0.6 is 0 Å². The smallest absolute Gasteiger partial charge is 0.256 e. The lowest BCUT2D eigenvalue weighted by Gasteiger charge is -2.06. The fourth-order valence-electron chi connectivity index (χ4n) is 1.59. The van der Waals surface area contributed by atoms with Crippen LogP contribution in [0.5, 0.6) is 0 Å². The highest BCUT2D eigenvalue weighted by molar-refractivity contribution is 6.03. The van der Waals surface area contributed by atoms with Gasteiger partial charge in [-0.15, -0.1) is 0 Å². The second kappa shape index (κ2) is 4.96. The lowest BCUT2D eigenvalue weighted by atomic mass is 10.1. The number of nitrogens with zero attached hydrogens (tertiary/aromatic N) is 1. The maximum Gasteiger partial charge on any atom is 0.256 e. The van der Waals surface area contributed by atoms with E-state index in [0.29, 0.717) is 16.9 Å². The molecule has 2 aromatic rings. The van der Waals surface area contributed by atoms with Crippen molar-refractivity contribution in [1.29, 1.82) is 0 Å². The van der Waals surface area contributed by atoms with Gasteiger partial charge in [-0.2, -0.15) is 0 Å². The number of nitrogens with one attached hydrogen (secondary N) is 1. The Hall–Kier alpha value is -2.23. The quantitative estimate of drug-likeness (QED) is 0.882. The number of rotatable bonds is 2. The number of benzene rings is 1. The van der Waals surface area contributed by atoms with Crippen LogP contribution in [0.2, 0.25) is 0 Å². The number of aryl methyl sites for hydroxylation is 2. The minimum Gasteiger partial charge on any atom is -0.307 e. The van der Waals surface area contributed by atoms with Gasteiger partial charge in [0.25, 0.3) is 5.91 Å². The van der Waals surface area contributed by atoms with Crippen LogP contribution in [0.15, 0.2) is 36.4 Å². The Bertz CT molecular complexity index is 596. The second-order valence-corrected chi connectivity index (χ2v) is 4.08. The molecule has 0 saturated carbocycles. The van der Waals surface area contributed by atoms with Crippen molar-refractivity contribution < 1.29 is 9.18 Å². The van der Waals surface area contributed by atoms with E-state index < -0.39 is 0 Å². The predicted octanol–water partition coefficient (Wildman–Crippen LogP) is 3.09. The Balaban J connectivity index is 2.19. The number of hydrogen-bond acceptors (Lipinski definition) is 2. The highest BCUT2D eigenvalue weighted by Gasteiger charge is 2.08. The SMILES string of the molecule is Cc1cccc(NC(=O)c2ccc(F)c(C)c2)n1. The van der Waals surface area contributed by atoms with E-state index >= 15 is 0 Å². The van der Waals surface area contributed by atoms with Crippen molar-refractivity contribution in [1.82, 2.24) is 4.98 Å². The minimum atomic E-state index is -0.319. The van der Waals surface area contributed by atoms with E-state index in [1.165, 1.54) is 18.2 Å². The first kappa shape index (κ1) is 12.2. The van der Waals surface area contributed by atoms with Crippen molar-refractivity contribution in [2.24, 2.45) is 0 Å². The zero-order valence-electron chi connectivity index (χ0n) is 10.2. The van der Waals surface area contributed by atoms with Crippen LogP contribution in [0.4, 0.5) is 10.2 Å². The van der Waals surface area contributed by atoms with Gasteiger partial charge in [-0.25, -0.2) is 9.37 Å². The Morgan fingerprint density at radius 1 is 1.22 bits per heavy atom. The summed E-state index contributed by atoms with van der Waals surface area (Å²) in [5.41, 5.74) is 1.68. The average Bonchev–Trinajstić information content (AvgIpc) is 2.32. The number of amides is 1. The van der Waals surface area contributed by atoms with Crippen LogP contribution in [-0.4, -0.2) is 10.9 Å². The molecular formula is C14H13FN2O. The van der Waals surface area contributed by atoms with Gasteiger partial charge in [-0.3, -0.25) is 4.79 Å². The van der Waals surface area contributed by atoms with Gasteiger partial charge in [0.05, 0.1) is 0 Å². The van der Waals surface area contributed by atoms with Crippen molar-refractivity contribution >= 4 is 11.7 Å². The summed E-state index contributed by atoms with van der Waals surface area (Å²) in [6.07, 6.45) is 0. The third kappa shape index (κ3) is 2.71. The summed E-state index contributed by atoms with van der Waals surface area (Å²) in [5.74, 6) is -0.126. The zero-order valence-corrected chi connectivity index (χ0v) is 10.2. The van der Waals surface area contributed by atoms with Gasteiger partial charge in [0.1, 0.15) is 11.6 Å². The number of anilines is 1. The number of carbonyl (C=O) groups is 1. The van der Waals surface area contributed by atoms with Crippen molar-refractivity contribution in [3.63, 3.8) is 0 Å². The molecule has 0 aliphatic rings. The van der Waals surface area contributed by atoms with Crippen molar-refractivity contribution in [2.75, 3.05) is 5.32 Å². The standard InChI is InChI=1S/C14H13FN2O/c1-9-8-11(6-7-12(9)15)14(18)17-13-5-3-4-10(2)16-13/h3-8H,1-2H3,(H,16,17,18). The van der Waals surface area contributed by atoms with E-state index in [4.69, 9.17) is 0 Å². The maximum atomic E-state index is 13.1. The number of hydrogen-bond donors (Lipinski definition) is 1. The number of carbonyl (C=O) groups excluding carboxylic acids is 1. The molecule has 0 aliphatic carbocycles. The molecule has 2 rings (SSSR count). The Morgan fingerprint density at radius 3 is 2.67 bits per heavy atom. The van der Waals surface area contributed by atoms with Gasteiger partial charge in [0, 0.05) is 11.3 Å². The molecule has 0 atom stereocenters. The number of halogens is 1. The molecule has 0 radical (unpaired) electrons. The van der Waals surface area contributed by atoms with Gasteiger partial charge >= 0.3 is 0 Å². The first-order chi connectivity index (χ1) is 8.56. The number of pyridine rings is 1. The van der Waals surface area contributed by atoms with E-state index in [1.807, 2.05) is 19.1 Å². The lowest BCUT2D eigenvalue weighted by Crippen LogP contribution is -2.13. The van der Waals surface area contributed by atoms with Crippen LogP contribution in [0.3, 0.4) is 0 Å². The zero-order chi connectivity index (χ0) is 13.1. The molecule has 1 aromatic heterocycles. The summed E-state index contributed by atoms with van der Waals surface area (Å²) in [5, 5.41) is 2.67. The van der Waals surface area contributed by atoms with Gasteiger partial charge in [0.2, 0.25) is 0 Å². The monoisotopic (exact) mass is 244 g/mol. The molecule has 1 N–H and O–H groups in total. The molecular weight excluding hydrogens is 231 g/mol. The number of aromatic nitrogens is 1. The molecule has 0 bridgehead atoms. The normalized spacial score (nSPS) is 10.2. The summed E-state index contributed by atoms with van der Waals surface area (Å²) >= 11 is 0.